The van der Waals surface area contributed by atoms with Crippen LogP contribution in [0, 0.1) is 5.41 Å². The van der Waals surface area contributed by atoms with Crippen LogP contribution < -0.4 is 0 Å². The molecule has 0 bridgehead atoms. The SMILES string of the molecule is CCOC(=O)C1(C)CCN(CCc2cncn2C(c2ccccc2)(c2ccccc2)c2ccccc2)C1=O. The van der Waals surface area contributed by atoms with E-state index >= 15 is 0 Å². The average molecular weight is 508 g/mol. The average Bonchev–Trinajstić information content (AvgIpc) is 3.55. The Balaban J connectivity index is 1.55. The molecule has 38 heavy (non-hydrogen) atoms. The maximum atomic E-state index is 13.3. The van der Waals surface area contributed by atoms with E-state index < -0.39 is 16.9 Å². The Morgan fingerprint density at radius 1 is 0.921 bits per heavy atom. The molecule has 1 saturated heterocycles. The number of hydrogen-bond acceptors (Lipinski definition) is 4. The number of benzene rings is 3. The van der Waals surface area contributed by atoms with E-state index in [1.807, 2.05) is 30.7 Å². The monoisotopic (exact) mass is 507 g/mol. The topological polar surface area (TPSA) is 64.4 Å². The van der Waals surface area contributed by atoms with Crippen LogP contribution in [0.5, 0.6) is 0 Å². The minimum atomic E-state index is -1.11. The van der Waals surface area contributed by atoms with E-state index in [9.17, 15) is 9.59 Å². The molecule has 4 aromatic rings. The van der Waals surface area contributed by atoms with Crippen molar-refractivity contribution in [1.29, 1.82) is 0 Å². The molecule has 6 heteroatoms. The molecule has 194 valence electrons. The second kappa shape index (κ2) is 10.7. The van der Waals surface area contributed by atoms with Gasteiger partial charge >= 0.3 is 5.97 Å². The number of likely N-dealkylation sites (tertiary alicyclic amines) is 1. The van der Waals surface area contributed by atoms with Crippen LogP contribution in [0.3, 0.4) is 0 Å². The molecule has 1 amide bonds. The van der Waals surface area contributed by atoms with Gasteiger partial charge in [0.05, 0.1) is 12.9 Å². The van der Waals surface area contributed by atoms with Crippen LogP contribution in [0.4, 0.5) is 0 Å². The fraction of sp³-hybridized carbons (Fsp3) is 0.281. The zero-order valence-corrected chi connectivity index (χ0v) is 21.9. The number of carbonyl (C=O) groups excluding carboxylic acids is 2. The normalized spacial score (nSPS) is 17.5. The van der Waals surface area contributed by atoms with Crippen molar-refractivity contribution in [3.8, 4) is 0 Å². The molecule has 1 atom stereocenters. The lowest BCUT2D eigenvalue weighted by atomic mass is 9.76. The smallest absolute Gasteiger partial charge is 0.321 e. The van der Waals surface area contributed by atoms with Gasteiger partial charge in [0, 0.05) is 31.4 Å². The number of amides is 1. The Bertz CT molecular complexity index is 1290. The van der Waals surface area contributed by atoms with Crippen LogP contribution in [0.25, 0.3) is 0 Å². The van der Waals surface area contributed by atoms with Gasteiger partial charge in [-0.15, -0.1) is 0 Å². The molecule has 0 saturated carbocycles. The molecular formula is C32H33N3O3. The fourth-order valence-electron chi connectivity index (χ4n) is 5.62. The first-order valence-electron chi connectivity index (χ1n) is 13.2. The van der Waals surface area contributed by atoms with Crippen LogP contribution in [0.15, 0.2) is 104 Å². The summed E-state index contributed by atoms with van der Waals surface area (Å²) in [4.78, 5) is 32.2. The number of ether oxygens (including phenoxy) is 1. The van der Waals surface area contributed by atoms with Crippen molar-refractivity contribution in [3.05, 3.63) is 126 Å². The summed E-state index contributed by atoms with van der Waals surface area (Å²) >= 11 is 0. The molecule has 0 aliphatic carbocycles. The molecule has 0 radical (unpaired) electrons. The first-order valence-corrected chi connectivity index (χ1v) is 13.2. The van der Waals surface area contributed by atoms with E-state index in [1.54, 1.807) is 18.7 Å². The molecule has 0 spiro atoms. The largest absolute Gasteiger partial charge is 0.465 e. The number of aromatic nitrogens is 2. The molecule has 0 N–H and O–H groups in total. The summed E-state index contributed by atoms with van der Waals surface area (Å²) < 4.78 is 7.44. The summed E-state index contributed by atoms with van der Waals surface area (Å²) in [5.41, 5.74) is 2.57. The highest BCUT2D eigenvalue weighted by Gasteiger charge is 2.49. The number of esters is 1. The van der Waals surface area contributed by atoms with E-state index in [-0.39, 0.29) is 12.5 Å². The van der Waals surface area contributed by atoms with Crippen LogP contribution in [-0.2, 0) is 26.3 Å². The van der Waals surface area contributed by atoms with Crippen molar-refractivity contribution in [2.24, 2.45) is 5.41 Å². The maximum absolute atomic E-state index is 13.3. The van der Waals surface area contributed by atoms with Crippen molar-refractivity contribution >= 4 is 11.9 Å². The lowest BCUT2D eigenvalue weighted by molar-refractivity contribution is -0.159. The predicted octanol–water partition coefficient (Wildman–Crippen LogP) is 5.07. The summed E-state index contributed by atoms with van der Waals surface area (Å²) in [6, 6.07) is 31.4. The van der Waals surface area contributed by atoms with Gasteiger partial charge in [-0.05, 0) is 37.0 Å². The van der Waals surface area contributed by atoms with Gasteiger partial charge in [0.25, 0.3) is 0 Å². The van der Waals surface area contributed by atoms with Crippen LogP contribution in [0.1, 0.15) is 42.7 Å². The Kier molecular flexibility index (Phi) is 7.14. The Morgan fingerprint density at radius 2 is 1.45 bits per heavy atom. The second-order valence-electron chi connectivity index (χ2n) is 9.91. The number of nitrogens with zero attached hydrogens (tertiary/aromatic N) is 3. The highest BCUT2D eigenvalue weighted by atomic mass is 16.5. The van der Waals surface area contributed by atoms with Crippen molar-refractivity contribution < 1.29 is 14.3 Å². The van der Waals surface area contributed by atoms with Gasteiger partial charge in [-0.1, -0.05) is 91.0 Å². The third-order valence-electron chi connectivity index (χ3n) is 7.66. The van der Waals surface area contributed by atoms with Crippen molar-refractivity contribution in [3.63, 3.8) is 0 Å². The fourth-order valence-corrected chi connectivity index (χ4v) is 5.62. The van der Waals surface area contributed by atoms with Gasteiger partial charge in [-0.3, -0.25) is 9.59 Å². The standard InChI is InChI=1S/C32H33N3O3/c1-3-38-30(37)31(2)20-22-34(29(31)36)21-19-28-23-33-24-35(28)32(25-13-7-4-8-14-25,26-15-9-5-10-16-26)27-17-11-6-12-18-27/h4-18,23-24H,3,19-22H2,1-2H3. The number of imidazole rings is 1. The molecule has 1 aromatic heterocycles. The third kappa shape index (κ3) is 4.30. The molecule has 6 nitrogen and oxygen atoms in total. The van der Waals surface area contributed by atoms with Gasteiger partial charge < -0.3 is 14.2 Å². The minimum Gasteiger partial charge on any atom is -0.465 e. The van der Waals surface area contributed by atoms with E-state index in [4.69, 9.17) is 4.74 Å². The van der Waals surface area contributed by atoms with E-state index in [0.29, 0.717) is 25.9 Å². The van der Waals surface area contributed by atoms with Gasteiger partial charge in [0.2, 0.25) is 5.91 Å². The summed E-state index contributed by atoms with van der Waals surface area (Å²) in [7, 11) is 0. The zero-order chi connectivity index (χ0) is 26.6. The lowest BCUT2D eigenvalue weighted by Crippen LogP contribution is -2.41. The maximum Gasteiger partial charge on any atom is 0.321 e. The van der Waals surface area contributed by atoms with Gasteiger partial charge in [0.1, 0.15) is 11.0 Å². The highest BCUT2D eigenvalue weighted by molar-refractivity contribution is 6.03. The van der Waals surface area contributed by atoms with Crippen LogP contribution >= 0.6 is 0 Å². The quantitative estimate of drug-likeness (QED) is 0.180. The molecule has 3 aromatic carbocycles. The van der Waals surface area contributed by atoms with Crippen LogP contribution in [0.2, 0.25) is 0 Å². The van der Waals surface area contributed by atoms with Crippen LogP contribution in [-0.4, -0.2) is 46.0 Å². The number of carbonyl (C=O) groups is 2. The molecule has 1 aliphatic heterocycles. The second-order valence-corrected chi connectivity index (χ2v) is 9.91. The van der Waals surface area contributed by atoms with Crippen molar-refractivity contribution in [2.45, 2.75) is 32.2 Å². The zero-order valence-electron chi connectivity index (χ0n) is 21.9. The minimum absolute atomic E-state index is 0.164. The number of hydrogen-bond donors (Lipinski definition) is 0. The summed E-state index contributed by atoms with van der Waals surface area (Å²) in [6.45, 7) is 4.75. The molecule has 2 heterocycles. The Morgan fingerprint density at radius 3 is 1.95 bits per heavy atom. The third-order valence-corrected chi connectivity index (χ3v) is 7.66. The van der Waals surface area contributed by atoms with Crippen molar-refractivity contribution in [2.75, 3.05) is 19.7 Å². The lowest BCUT2D eigenvalue weighted by Gasteiger charge is -2.38. The highest BCUT2D eigenvalue weighted by Crippen LogP contribution is 2.41. The predicted molar refractivity (Wildman–Crippen MR) is 146 cm³/mol. The summed E-state index contributed by atoms with van der Waals surface area (Å²) in [5, 5.41) is 0. The Labute approximate surface area is 223 Å². The van der Waals surface area contributed by atoms with Gasteiger partial charge in [0.15, 0.2) is 0 Å². The summed E-state index contributed by atoms with van der Waals surface area (Å²) in [6.07, 6.45) is 4.83. The molecule has 1 aliphatic rings. The van der Waals surface area contributed by atoms with E-state index in [0.717, 1.165) is 22.4 Å². The first kappa shape index (κ1) is 25.5. The molecular weight excluding hydrogens is 474 g/mol. The van der Waals surface area contributed by atoms with E-state index in [2.05, 4.69) is 82.3 Å². The first-order chi connectivity index (χ1) is 18.5. The van der Waals surface area contributed by atoms with Gasteiger partial charge in [-0.2, -0.15) is 0 Å². The van der Waals surface area contributed by atoms with E-state index in [1.165, 1.54) is 0 Å². The molecule has 1 fully saturated rings. The molecule has 1 unspecified atom stereocenters. The van der Waals surface area contributed by atoms with Gasteiger partial charge in [-0.25, -0.2) is 4.98 Å². The van der Waals surface area contributed by atoms with Crippen molar-refractivity contribution in [1.82, 2.24) is 14.5 Å². The summed E-state index contributed by atoms with van der Waals surface area (Å²) in [5.74, 6) is -0.601. The molecule has 5 rings (SSSR count). The Hall–Kier alpha value is -4.19. The number of rotatable bonds is 9.